The van der Waals surface area contributed by atoms with E-state index in [0.717, 1.165) is 6.42 Å². The highest BCUT2D eigenvalue weighted by molar-refractivity contribution is 5.33. The Morgan fingerprint density at radius 3 is 2.58 bits per heavy atom. The summed E-state index contributed by atoms with van der Waals surface area (Å²) < 4.78 is 0. The van der Waals surface area contributed by atoms with Crippen LogP contribution in [0.2, 0.25) is 0 Å². The molecular formula is C11H17N. The molecule has 2 N–H and O–H groups in total. The Bertz CT molecular complexity index is 264. The third kappa shape index (κ3) is 2.08. The van der Waals surface area contributed by atoms with E-state index in [-0.39, 0.29) is 6.04 Å². The lowest BCUT2D eigenvalue weighted by atomic mass is 9.99. The fraction of sp³-hybridized carbons (Fsp3) is 0.455. The average Bonchev–Trinajstić information content (AvgIpc) is 1.98. The van der Waals surface area contributed by atoms with Crippen molar-refractivity contribution in [3.63, 3.8) is 0 Å². The zero-order valence-electron chi connectivity index (χ0n) is 8.09. The molecule has 1 rings (SSSR count). The number of aryl methyl sites for hydroxylation is 1. The van der Waals surface area contributed by atoms with Crippen LogP contribution >= 0.6 is 0 Å². The van der Waals surface area contributed by atoms with Crippen LogP contribution in [0.4, 0.5) is 0 Å². The van der Waals surface area contributed by atoms with Gasteiger partial charge in [0, 0.05) is 6.04 Å². The van der Waals surface area contributed by atoms with E-state index in [9.17, 15) is 0 Å². The van der Waals surface area contributed by atoms with Crippen LogP contribution in [-0.4, -0.2) is 6.04 Å². The third-order valence-corrected chi connectivity index (χ3v) is 2.26. The molecule has 0 bridgehead atoms. The molecule has 1 aromatic carbocycles. The van der Waals surface area contributed by atoms with Crippen molar-refractivity contribution in [3.05, 3.63) is 34.9 Å². The fourth-order valence-electron chi connectivity index (χ4n) is 1.38. The number of rotatable bonds is 2. The van der Waals surface area contributed by atoms with Gasteiger partial charge >= 0.3 is 0 Å². The molecule has 0 saturated carbocycles. The minimum atomic E-state index is 0.255. The summed E-state index contributed by atoms with van der Waals surface area (Å²) in [7, 11) is 0. The first-order valence-electron chi connectivity index (χ1n) is 4.42. The van der Waals surface area contributed by atoms with E-state index in [1.54, 1.807) is 0 Å². The molecule has 0 fully saturated rings. The summed E-state index contributed by atoms with van der Waals surface area (Å²) in [5, 5.41) is 0. The average molecular weight is 163 g/mol. The van der Waals surface area contributed by atoms with Crippen molar-refractivity contribution in [2.45, 2.75) is 33.2 Å². The number of hydrogen-bond donors (Lipinski definition) is 1. The van der Waals surface area contributed by atoms with E-state index < -0.39 is 0 Å². The lowest BCUT2D eigenvalue weighted by molar-refractivity contribution is 0.734. The zero-order valence-corrected chi connectivity index (χ0v) is 8.09. The molecule has 0 aliphatic carbocycles. The molecular weight excluding hydrogens is 146 g/mol. The van der Waals surface area contributed by atoms with Gasteiger partial charge in [-0.1, -0.05) is 18.2 Å². The molecule has 0 heterocycles. The van der Waals surface area contributed by atoms with Crippen LogP contribution in [-0.2, 0) is 6.42 Å². The molecule has 0 radical (unpaired) electrons. The van der Waals surface area contributed by atoms with Crippen molar-refractivity contribution >= 4 is 0 Å². The molecule has 12 heavy (non-hydrogen) atoms. The Labute approximate surface area is 74.6 Å². The largest absolute Gasteiger partial charge is 0.328 e. The second-order valence-corrected chi connectivity index (χ2v) is 3.54. The van der Waals surface area contributed by atoms with Crippen LogP contribution in [0.1, 0.15) is 23.6 Å². The van der Waals surface area contributed by atoms with E-state index in [0.29, 0.717) is 0 Å². The second-order valence-electron chi connectivity index (χ2n) is 3.54. The van der Waals surface area contributed by atoms with Crippen molar-refractivity contribution in [1.82, 2.24) is 0 Å². The first-order chi connectivity index (χ1) is 5.61. The molecule has 1 nitrogen and oxygen atoms in total. The van der Waals surface area contributed by atoms with Gasteiger partial charge in [-0.2, -0.15) is 0 Å². The minimum Gasteiger partial charge on any atom is -0.328 e. The molecule has 0 saturated heterocycles. The molecule has 1 unspecified atom stereocenters. The summed E-state index contributed by atoms with van der Waals surface area (Å²) in [6.07, 6.45) is 0.980. The lowest BCUT2D eigenvalue weighted by Gasteiger charge is -2.10. The summed E-state index contributed by atoms with van der Waals surface area (Å²) in [5.74, 6) is 0. The van der Waals surface area contributed by atoms with E-state index in [1.807, 2.05) is 6.92 Å². The van der Waals surface area contributed by atoms with Crippen LogP contribution in [0.5, 0.6) is 0 Å². The Morgan fingerprint density at radius 2 is 2.00 bits per heavy atom. The quantitative estimate of drug-likeness (QED) is 0.710. The predicted octanol–water partition coefficient (Wildman–Crippen LogP) is 2.19. The molecule has 0 aliphatic rings. The third-order valence-electron chi connectivity index (χ3n) is 2.26. The van der Waals surface area contributed by atoms with E-state index in [2.05, 4.69) is 32.0 Å². The van der Waals surface area contributed by atoms with Gasteiger partial charge in [-0.3, -0.25) is 0 Å². The maximum atomic E-state index is 5.74. The molecule has 1 aromatic rings. The van der Waals surface area contributed by atoms with E-state index in [1.165, 1.54) is 16.7 Å². The van der Waals surface area contributed by atoms with Crippen LogP contribution in [0.25, 0.3) is 0 Å². The highest BCUT2D eigenvalue weighted by Gasteiger charge is 2.02. The monoisotopic (exact) mass is 163 g/mol. The Hall–Kier alpha value is -0.820. The summed E-state index contributed by atoms with van der Waals surface area (Å²) in [5.41, 5.74) is 9.86. The Kier molecular flexibility index (Phi) is 2.88. The maximum absolute atomic E-state index is 5.74. The molecule has 66 valence electrons. The Balaban J connectivity index is 2.92. The van der Waals surface area contributed by atoms with Gasteiger partial charge in [0.1, 0.15) is 0 Å². The molecule has 0 spiro atoms. The van der Waals surface area contributed by atoms with Gasteiger partial charge in [0.25, 0.3) is 0 Å². The fourth-order valence-corrected chi connectivity index (χ4v) is 1.38. The van der Waals surface area contributed by atoms with Crippen molar-refractivity contribution in [1.29, 1.82) is 0 Å². The number of nitrogens with two attached hydrogens (primary N) is 1. The smallest absolute Gasteiger partial charge is 0.00510 e. The lowest BCUT2D eigenvalue weighted by Crippen LogP contribution is -2.18. The van der Waals surface area contributed by atoms with Crippen molar-refractivity contribution in [2.24, 2.45) is 5.73 Å². The van der Waals surface area contributed by atoms with Gasteiger partial charge in [0.2, 0.25) is 0 Å². The highest BCUT2D eigenvalue weighted by atomic mass is 14.6. The van der Waals surface area contributed by atoms with Crippen LogP contribution in [0.15, 0.2) is 18.2 Å². The standard InChI is InChI=1S/C11H17N/c1-8-5-4-6-11(10(8)3)7-9(2)12/h4-6,9H,7,12H2,1-3H3. The van der Waals surface area contributed by atoms with Gasteiger partial charge < -0.3 is 5.73 Å². The van der Waals surface area contributed by atoms with Gasteiger partial charge in [0.15, 0.2) is 0 Å². The summed E-state index contributed by atoms with van der Waals surface area (Å²) in [6.45, 7) is 6.34. The Morgan fingerprint density at radius 1 is 1.33 bits per heavy atom. The highest BCUT2D eigenvalue weighted by Crippen LogP contribution is 2.13. The molecule has 0 amide bonds. The van der Waals surface area contributed by atoms with Crippen LogP contribution in [0, 0.1) is 13.8 Å². The maximum Gasteiger partial charge on any atom is 0.00510 e. The molecule has 1 atom stereocenters. The first-order valence-corrected chi connectivity index (χ1v) is 4.42. The first kappa shape index (κ1) is 9.27. The number of hydrogen-bond acceptors (Lipinski definition) is 1. The normalized spacial score (nSPS) is 13.0. The van der Waals surface area contributed by atoms with Crippen molar-refractivity contribution < 1.29 is 0 Å². The second kappa shape index (κ2) is 3.72. The van der Waals surface area contributed by atoms with Crippen molar-refractivity contribution in [2.75, 3.05) is 0 Å². The molecule has 0 aliphatic heterocycles. The molecule has 0 aromatic heterocycles. The van der Waals surface area contributed by atoms with Crippen molar-refractivity contribution in [3.8, 4) is 0 Å². The van der Waals surface area contributed by atoms with Gasteiger partial charge in [-0.05, 0) is 43.9 Å². The van der Waals surface area contributed by atoms with E-state index >= 15 is 0 Å². The van der Waals surface area contributed by atoms with Crippen LogP contribution in [0.3, 0.4) is 0 Å². The summed E-state index contributed by atoms with van der Waals surface area (Å²) in [4.78, 5) is 0. The van der Waals surface area contributed by atoms with Crippen LogP contribution < -0.4 is 5.73 Å². The van der Waals surface area contributed by atoms with Gasteiger partial charge in [-0.15, -0.1) is 0 Å². The van der Waals surface area contributed by atoms with E-state index in [4.69, 9.17) is 5.73 Å². The predicted molar refractivity (Wildman–Crippen MR) is 53.3 cm³/mol. The summed E-state index contributed by atoms with van der Waals surface area (Å²) in [6, 6.07) is 6.65. The summed E-state index contributed by atoms with van der Waals surface area (Å²) >= 11 is 0. The SMILES string of the molecule is Cc1cccc(CC(C)N)c1C. The zero-order chi connectivity index (χ0) is 9.14. The topological polar surface area (TPSA) is 26.0 Å². The van der Waals surface area contributed by atoms with Gasteiger partial charge in [-0.25, -0.2) is 0 Å². The number of benzene rings is 1. The minimum absolute atomic E-state index is 0.255. The molecule has 1 heteroatoms. The van der Waals surface area contributed by atoms with Gasteiger partial charge in [0.05, 0.1) is 0 Å².